The second kappa shape index (κ2) is 12.8. The maximum absolute atomic E-state index is 13.5. The van der Waals surface area contributed by atoms with Crippen molar-refractivity contribution in [3.8, 4) is 0 Å². The van der Waals surface area contributed by atoms with Gasteiger partial charge in [-0.05, 0) is 24.3 Å². The lowest BCUT2D eigenvalue weighted by Crippen LogP contribution is -2.55. The van der Waals surface area contributed by atoms with Gasteiger partial charge in [0.2, 0.25) is 22.7 Å². The summed E-state index contributed by atoms with van der Waals surface area (Å²) in [5, 5.41) is 2.39. The minimum Gasteiger partial charge on any atom is -0.351 e. The minimum atomic E-state index is -4.80. The predicted octanol–water partition coefficient (Wildman–Crippen LogP) is 3.92. The monoisotopic (exact) mass is 616 g/mol. The van der Waals surface area contributed by atoms with Crippen LogP contribution in [0.15, 0.2) is 48.5 Å². The van der Waals surface area contributed by atoms with Gasteiger partial charge in [-0.25, -0.2) is 22.6 Å². The number of nitrogens with one attached hydrogen (secondary N) is 2. The summed E-state index contributed by atoms with van der Waals surface area (Å²) >= 11 is 11.9. The molecule has 0 aromatic heterocycles. The molecule has 1 atom stereocenters. The van der Waals surface area contributed by atoms with Crippen LogP contribution >= 0.6 is 23.2 Å². The van der Waals surface area contributed by atoms with E-state index < -0.39 is 71.8 Å². The number of hydrogen-bond donors (Lipinski definition) is 3. The number of anilines is 1. The van der Waals surface area contributed by atoms with E-state index in [1.165, 1.54) is 24.3 Å². The van der Waals surface area contributed by atoms with Crippen molar-refractivity contribution in [1.29, 1.82) is 0 Å². The first kappa shape index (κ1) is 31.0. The van der Waals surface area contributed by atoms with E-state index in [1.54, 1.807) is 0 Å². The minimum absolute atomic E-state index is 0.000952. The van der Waals surface area contributed by atoms with Crippen molar-refractivity contribution >= 4 is 51.6 Å². The number of hydrogen-bond acceptors (Lipinski definition) is 5. The number of halogens is 7. The summed E-state index contributed by atoms with van der Waals surface area (Å²) in [5.74, 6) is -5.12. The molecular weight excluding hydrogens is 594 g/mol. The zero-order valence-electron chi connectivity index (χ0n) is 19.9. The van der Waals surface area contributed by atoms with Crippen LogP contribution in [0.25, 0.3) is 0 Å². The Bertz CT molecular complexity index is 1270. The fourth-order valence-electron chi connectivity index (χ4n) is 3.95. The lowest BCUT2D eigenvalue weighted by molar-refractivity contribution is -0.137. The van der Waals surface area contributed by atoms with Gasteiger partial charge in [-0.15, -0.1) is 16.0 Å². The van der Waals surface area contributed by atoms with E-state index in [0.29, 0.717) is 15.4 Å². The Morgan fingerprint density at radius 3 is 2.33 bits per heavy atom. The molecule has 2 N–H and O–H groups in total. The van der Waals surface area contributed by atoms with Gasteiger partial charge in [0.25, 0.3) is 5.92 Å². The molecule has 1 saturated carbocycles. The topological polar surface area (TPSA) is 98.8 Å². The summed E-state index contributed by atoms with van der Waals surface area (Å²) in [6.07, 6.45) is -6.12. The molecule has 214 valence electrons. The number of hydrazine groups is 1. The van der Waals surface area contributed by atoms with E-state index >= 15 is 0 Å². The van der Waals surface area contributed by atoms with Crippen LogP contribution in [-0.4, -0.2) is 55.6 Å². The van der Waals surface area contributed by atoms with Gasteiger partial charge < -0.3 is 5.32 Å². The van der Waals surface area contributed by atoms with E-state index in [-0.39, 0.29) is 28.7 Å². The maximum Gasteiger partial charge on any atom is 0.416 e. The molecule has 0 radical (unpaired) electrons. The lowest BCUT2D eigenvalue weighted by Gasteiger charge is -2.38. The van der Waals surface area contributed by atoms with Gasteiger partial charge in [0.1, 0.15) is 6.04 Å². The zero-order chi connectivity index (χ0) is 29.0. The van der Waals surface area contributed by atoms with Crippen LogP contribution < -0.4 is 15.6 Å². The molecule has 39 heavy (non-hydrogen) atoms. The van der Waals surface area contributed by atoms with Crippen molar-refractivity contribution in [2.24, 2.45) is 0 Å². The number of nitrogens with zero attached hydrogens (tertiary/aromatic N) is 2. The SMILES string of the molecule is O=C(NC1CC(F)(F)C1)C(c1ccccc1Cl)N(C(=O)CNN(CCCl)[SH](=O)=O)c1cccc(C(F)(F)F)c1. The molecule has 1 fully saturated rings. The molecular formula is C23H23Cl2F5N4O4S. The third-order valence-electron chi connectivity index (χ3n) is 5.77. The van der Waals surface area contributed by atoms with E-state index in [4.69, 9.17) is 23.2 Å². The molecule has 2 amide bonds. The normalized spacial score (nSPS) is 16.1. The lowest BCUT2D eigenvalue weighted by atomic mass is 9.87. The van der Waals surface area contributed by atoms with Gasteiger partial charge in [0.05, 0.1) is 12.1 Å². The largest absolute Gasteiger partial charge is 0.416 e. The van der Waals surface area contributed by atoms with Crippen molar-refractivity contribution in [3.63, 3.8) is 0 Å². The molecule has 1 aliphatic carbocycles. The molecule has 8 nitrogen and oxygen atoms in total. The average Bonchev–Trinajstić information content (AvgIpc) is 2.83. The van der Waals surface area contributed by atoms with Crippen LogP contribution in [0.2, 0.25) is 5.02 Å². The highest BCUT2D eigenvalue weighted by molar-refractivity contribution is 7.69. The second-order valence-electron chi connectivity index (χ2n) is 8.59. The van der Waals surface area contributed by atoms with Gasteiger partial charge >= 0.3 is 6.18 Å². The number of thiol groups is 1. The molecule has 1 unspecified atom stereocenters. The summed E-state index contributed by atoms with van der Waals surface area (Å²) in [7, 11) is -3.24. The number of benzene rings is 2. The van der Waals surface area contributed by atoms with Crippen LogP contribution in [0.3, 0.4) is 0 Å². The van der Waals surface area contributed by atoms with Crippen molar-refractivity contribution in [2.45, 2.75) is 37.0 Å². The molecule has 0 heterocycles. The summed E-state index contributed by atoms with van der Waals surface area (Å²) in [6.45, 7) is -1.02. The van der Waals surface area contributed by atoms with E-state index in [9.17, 15) is 40.0 Å². The molecule has 16 heteroatoms. The van der Waals surface area contributed by atoms with Crippen LogP contribution in [0.5, 0.6) is 0 Å². The smallest absolute Gasteiger partial charge is 0.351 e. The summed E-state index contributed by atoms with van der Waals surface area (Å²) in [6, 6.07) is 6.64. The van der Waals surface area contributed by atoms with Gasteiger partial charge in [0, 0.05) is 47.6 Å². The Hall–Kier alpha value is -2.52. The molecule has 2 aromatic rings. The van der Waals surface area contributed by atoms with Gasteiger partial charge in [0.15, 0.2) is 0 Å². The van der Waals surface area contributed by atoms with Crippen molar-refractivity contribution in [3.05, 3.63) is 64.7 Å². The molecule has 0 saturated heterocycles. The number of carbonyl (C=O) groups excluding carboxylic acids is 2. The summed E-state index contributed by atoms with van der Waals surface area (Å²) in [4.78, 5) is 27.7. The molecule has 0 bridgehead atoms. The Morgan fingerprint density at radius 2 is 1.77 bits per heavy atom. The van der Waals surface area contributed by atoms with Gasteiger partial charge in [-0.2, -0.15) is 13.2 Å². The highest BCUT2D eigenvalue weighted by Gasteiger charge is 2.47. The zero-order valence-corrected chi connectivity index (χ0v) is 22.3. The van der Waals surface area contributed by atoms with Gasteiger partial charge in [-0.1, -0.05) is 35.9 Å². The highest BCUT2D eigenvalue weighted by Crippen LogP contribution is 2.39. The molecule has 0 aliphatic heterocycles. The Kier molecular flexibility index (Phi) is 10.2. The first-order valence-corrected chi connectivity index (χ1v) is 13.4. The standard InChI is InChI=1S/C23H23Cl2F5N4O4S/c24-8-9-33(39(37)38)31-13-19(35)34(16-5-3-4-14(10-16)23(28,29)30)20(17-6-1-2-7-18(17)25)21(36)32-15-11-22(26,27)12-15/h1-7,10,15,20,31,39H,8-9,11-13H2,(H,32,36). The fourth-order valence-corrected chi connectivity index (χ4v) is 4.92. The third-order valence-corrected chi connectivity index (χ3v) is 7.02. The van der Waals surface area contributed by atoms with E-state index in [1.807, 2.05) is 0 Å². The number of carbonyl (C=O) groups is 2. The van der Waals surface area contributed by atoms with Crippen LogP contribution in [0.4, 0.5) is 27.6 Å². The Labute approximate surface area is 232 Å². The van der Waals surface area contributed by atoms with Crippen LogP contribution in [0, 0.1) is 0 Å². The second-order valence-corrected chi connectivity index (χ2v) is 10.3. The first-order chi connectivity index (χ1) is 18.2. The molecule has 3 rings (SSSR count). The van der Waals surface area contributed by atoms with E-state index in [0.717, 1.165) is 18.2 Å². The average molecular weight is 617 g/mol. The Morgan fingerprint density at radius 1 is 1.10 bits per heavy atom. The molecule has 1 aliphatic rings. The van der Waals surface area contributed by atoms with Gasteiger partial charge in [-0.3, -0.25) is 14.5 Å². The van der Waals surface area contributed by atoms with E-state index in [2.05, 4.69) is 10.7 Å². The fraction of sp³-hybridized carbons (Fsp3) is 0.391. The van der Waals surface area contributed by atoms with Crippen molar-refractivity contribution in [2.75, 3.05) is 23.9 Å². The Balaban J connectivity index is 2.08. The molecule has 0 spiro atoms. The maximum atomic E-state index is 13.5. The van der Waals surface area contributed by atoms with Crippen LogP contribution in [0.1, 0.15) is 30.0 Å². The number of alkyl halides is 6. The number of rotatable bonds is 11. The summed E-state index contributed by atoms with van der Waals surface area (Å²) < 4.78 is 91.0. The predicted molar refractivity (Wildman–Crippen MR) is 135 cm³/mol. The highest BCUT2D eigenvalue weighted by atomic mass is 35.5. The number of amides is 2. The summed E-state index contributed by atoms with van der Waals surface area (Å²) in [5.41, 5.74) is 0.825. The molecule has 2 aromatic carbocycles. The van der Waals surface area contributed by atoms with Crippen molar-refractivity contribution < 1.29 is 40.0 Å². The van der Waals surface area contributed by atoms with Crippen LogP contribution in [-0.2, 0) is 26.7 Å². The first-order valence-electron chi connectivity index (χ1n) is 11.4. The van der Waals surface area contributed by atoms with Crippen molar-refractivity contribution in [1.82, 2.24) is 15.2 Å². The quantitative estimate of drug-likeness (QED) is 0.154. The third kappa shape index (κ3) is 8.01.